The summed E-state index contributed by atoms with van der Waals surface area (Å²) in [5, 5.41) is 9.50. The van der Waals surface area contributed by atoms with Gasteiger partial charge in [-0.05, 0) is 47.2 Å². The Morgan fingerprint density at radius 3 is 2.44 bits per heavy atom. The van der Waals surface area contributed by atoms with E-state index in [0.717, 1.165) is 22.0 Å². The molecule has 0 atom stereocenters. The Morgan fingerprint density at radius 1 is 0.778 bits per heavy atom. The molecule has 2 heterocycles. The number of anilines is 1. The van der Waals surface area contributed by atoms with Crippen molar-refractivity contribution in [3.8, 4) is 22.5 Å². The highest BCUT2D eigenvalue weighted by atomic mass is 35.5. The first-order valence-corrected chi connectivity index (χ1v) is 12.8. The summed E-state index contributed by atoms with van der Waals surface area (Å²) in [6.45, 7) is 0. The van der Waals surface area contributed by atoms with Gasteiger partial charge in [-0.1, -0.05) is 77.8 Å². The third kappa shape index (κ3) is 4.33. The van der Waals surface area contributed by atoms with Crippen LogP contribution in [0.1, 0.15) is 10.4 Å². The zero-order valence-corrected chi connectivity index (χ0v) is 21.0. The maximum atomic E-state index is 13.4. The Bertz CT molecular complexity index is 1780. The number of carbonyl (C=O) groups excluding carboxylic acids is 1. The minimum atomic E-state index is -0.264. The van der Waals surface area contributed by atoms with E-state index in [4.69, 9.17) is 28.2 Å². The molecule has 0 aliphatic heterocycles. The fraction of sp³-hybridized carbons (Fsp3) is 0. The Balaban J connectivity index is 1.35. The highest BCUT2D eigenvalue weighted by molar-refractivity contribution is 7.14. The predicted molar refractivity (Wildman–Crippen MR) is 150 cm³/mol. The van der Waals surface area contributed by atoms with Crippen molar-refractivity contribution in [3.05, 3.63) is 112 Å². The van der Waals surface area contributed by atoms with E-state index in [-0.39, 0.29) is 5.91 Å². The molecule has 0 aliphatic carbocycles. The van der Waals surface area contributed by atoms with E-state index in [2.05, 4.69) is 34.6 Å². The number of thiazole rings is 1. The number of aromatic nitrogens is 2. The SMILES string of the molecule is O=C(Nc1nc(-c2ccc3ccccc3c2)cs1)c1cc(-c2ccc(Cl)cc2Cl)nc2ccccc12. The van der Waals surface area contributed by atoms with E-state index in [1.165, 1.54) is 16.7 Å². The van der Waals surface area contributed by atoms with Crippen LogP contribution in [0.3, 0.4) is 0 Å². The maximum Gasteiger partial charge on any atom is 0.258 e. The van der Waals surface area contributed by atoms with Crippen LogP contribution < -0.4 is 5.32 Å². The zero-order chi connectivity index (χ0) is 24.6. The fourth-order valence-electron chi connectivity index (χ4n) is 4.18. The first-order chi connectivity index (χ1) is 17.5. The smallest absolute Gasteiger partial charge is 0.258 e. The molecule has 0 saturated carbocycles. The van der Waals surface area contributed by atoms with E-state index in [0.29, 0.717) is 37.5 Å². The van der Waals surface area contributed by atoms with Gasteiger partial charge in [0.2, 0.25) is 0 Å². The van der Waals surface area contributed by atoms with Gasteiger partial charge in [-0.3, -0.25) is 10.1 Å². The molecule has 0 saturated heterocycles. The number of halogens is 2. The van der Waals surface area contributed by atoms with Crippen LogP contribution in [0.25, 0.3) is 44.2 Å². The summed E-state index contributed by atoms with van der Waals surface area (Å²) >= 11 is 13.9. The molecule has 4 aromatic carbocycles. The van der Waals surface area contributed by atoms with Crippen molar-refractivity contribution in [1.82, 2.24) is 9.97 Å². The largest absolute Gasteiger partial charge is 0.298 e. The van der Waals surface area contributed by atoms with Crippen LogP contribution in [-0.4, -0.2) is 15.9 Å². The number of carbonyl (C=O) groups is 1. The number of amides is 1. The quantitative estimate of drug-likeness (QED) is 0.250. The number of hydrogen-bond acceptors (Lipinski definition) is 4. The zero-order valence-electron chi connectivity index (χ0n) is 18.7. The van der Waals surface area contributed by atoms with Crippen LogP contribution >= 0.6 is 34.5 Å². The van der Waals surface area contributed by atoms with Crippen LogP contribution in [0, 0.1) is 0 Å². The van der Waals surface area contributed by atoms with Crippen molar-refractivity contribution in [2.45, 2.75) is 0 Å². The van der Waals surface area contributed by atoms with Gasteiger partial charge in [0, 0.05) is 26.9 Å². The highest BCUT2D eigenvalue weighted by Crippen LogP contribution is 2.33. The molecule has 174 valence electrons. The van der Waals surface area contributed by atoms with Gasteiger partial charge >= 0.3 is 0 Å². The number of fused-ring (bicyclic) bond motifs is 2. The molecule has 7 heteroatoms. The highest BCUT2D eigenvalue weighted by Gasteiger charge is 2.17. The fourth-order valence-corrected chi connectivity index (χ4v) is 5.40. The summed E-state index contributed by atoms with van der Waals surface area (Å²) in [6.07, 6.45) is 0. The Morgan fingerprint density at radius 2 is 1.58 bits per heavy atom. The normalized spacial score (nSPS) is 11.2. The van der Waals surface area contributed by atoms with Gasteiger partial charge in [0.15, 0.2) is 5.13 Å². The Kier molecular flexibility index (Phi) is 5.89. The summed E-state index contributed by atoms with van der Waals surface area (Å²) in [7, 11) is 0. The van der Waals surface area contributed by atoms with Gasteiger partial charge in [-0.15, -0.1) is 11.3 Å². The van der Waals surface area contributed by atoms with E-state index in [1.54, 1.807) is 24.3 Å². The van der Waals surface area contributed by atoms with Gasteiger partial charge in [0.25, 0.3) is 5.91 Å². The van der Waals surface area contributed by atoms with Crippen molar-refractivity contribution in [3.63, 3.8) is 0 Å². The molecule has 36 heavy (non-hydrogen) atoms. The van der Waals surface area contributed by atoms with Crippen LogP contribution in [0.5, 0.6) is 0 Å². The molecule has 6 aromatic rings. The lowest BCUT2D eigenvalue weighted by atomic mass is 10.0. The maximum absolute atomic E-state index is 13.4. The summed E-state index contributed by atoms with van der Waals surface area (Å²) < 4.78 is 0. The van der Waals surface area contributed by atoms with E-state index in [9.17, 15) is 4.79 Å². The number of rotatable bonds is 4. The second-order valence-electron chi connectivity index (χ2n) is 8.25. The van der Waals surface area contributed by atoms with Gasteiger partial charge in [-0.2, -0.15) is 0 Å². The number of benzene rings is 4. The first-order valence-electron chi connectivity index (χ1n) is 11.2. The van der Waals surface area contributed by atoms with Crippen molar-refractivity contribution >= 4 is 67.3 Å². The Labute approximate surface area is 221 Å². The predicted octanol–water partition coefficient (Wildman–Crippen LogP) is 8.74. The van der Waals surface area contributed by atoms with Gasteiger partial charge < -0.3 is 0 Å². The molecule has 0 spiro atoms. The summed E-state index contributed by atoms with van der Waals surface area (Å²) in [5.41, 5.74) is 4.30. The molecule has 1 N–H and O–H groups in total. The molecule has 0 aliphatic rings. The van der Waals surface area contributed by atoms with Gasteiger partial charge in [0.05, 0.1) is 27.5 Å². The molecule has 4 nitrogen and oxygen atoms in total. The third-order valence-electron chi connectivity index (χ3n) is 5.94. The van der Waals surface area contributed by atoms with E-state index >= 15 is 0 Å². The van der Waals surface area contributed by atoms with E-state index in [1.807, 2.05) is 47.8 Å². The molecule has 0 bridgehead atoms. The monoisotopic (exact) mass is 525 g/mol. The van der Waals surface area contributed by atoms with Crippen LogP contribution in [0.2, 0.25) is 10.0 Å². The standard InChI is InChI=1S/C29H17Cl2N3OS/c30-20-11-12-22(24(31)14-20)26-15-23(21-7-3-4-8-25(21)32-26)28(35)34-29-33-27(16-36-29)19-10-9-17-5-1-2-6-18(17)13-19/h1-16H,(H,33,34,35). The lowest BCUT2D eigenvalue weighted by molar-refractivity contribution is 0.102. The summed E-state index contributed by atoms with van der Waals surface area (Å²) in [6, 6.07) is 28.9. The summed E-state index contributed by atoms with van der Waals surface area (Å²) in [4.78, 5) is 22.9. The van der Waals surface area contributed by atoms with Gasteiger partial charge in [0.1, 0.15) is 0 Å². The van der Waals surface area contributed by atoms with Crippen molar-refractivity contribution in [2.24, 2.45) is 0 Å². The first kappa shape index (κ1) is 22.7. The van der Waals surface area contributed by atoms with Crippen LogP contribution in [0.15, 0.2) is 96.4 Å². The van der Waals surface area contributed by atoms with Crippen LogP contribution in [0.4, 0.5) is 5.13 Å². The molecule has 0 fully saturated rings. The van der Waals surface area contributed by atoms with Crippen molar-refractivity contribution < 1.29 is 4.79 Å². The van der Waals surface area contributed by atoms with Crippen molar-refractivity contribution in [1.29, 1.82) is 0 Å². The lowest BCUT2D eigenvalue weighted by Crippen LogP contribution is -2.13. The molecule has 1 amide bonds. The average Bonchev–Trinajstić information content (AvgIpc) is 3.36. The number of hydrogen-bond donors (Lipinski definition) is 1. The topological polar surface area (TPSA) is 54.9 Å². The van der Waals surface area contributed by atoms with Crippen LogP contribution in [-0.2, 0) is 0 Å². The minimum absolute atomic E-state index is 0.264. The number of nitrogens with zero attached hydrogens (tertiary/aromatic N) is 2. The molecule has 0 radical (unpaired) electrons. The number of para-hydroxylation sites is 1. The number of nitrogens with one attached hydrogen (secondary N) is 1. The second-order valence-corrected chi connectivity index (χ2v) is 9.95. The second kappa shape index (κ2) is 9.36. The Hall–Kier alpha value is -3.77. The molecule has 2 aromatic heterocycles. The van der Waals surface area contributed by atoms with Gasteiger partial charge in [-0.25, -0.2) is 9.97 Å². The number of pyridine rings is 1. The molecular formula is C29H17Cl2N3OS. The summed E-state index contributed by atoms with van der Waals surface area (Å²) in [5.74, 6) is -0.264. The molecular weight excluding hydrogens is 509 g/mol. The lowest BCUT2D eigenvalue weighted by Gasteiger charge is -2.11. The minimum Gasteiger partial charge on any atom is -0.298 e. The molecule has 0 unspecified atom stereocenters. The average molecular weight is 526 g/mol. The van der Waals surface area contributed by atoms with Crippen molar-refractivity contribution in [2.75, 3.05) is 5.32 Å². The van der Waals surface area contributed by atoms with E-state index < -0.39 is 0 Å². The molecule has 6 rings (SSSR count). The third-order valence-corrected chi connectivity index (χ3v) is 7.24.